The van der Waals surface area contributed by atoms with Crippen LogP contribution in [0.25, 0.3) is 5.69 Å². The van der Waals surface area contributed by atoms with Gasteiger partial charge < -0.3 is 11.1 Å². The first-order valence-corrected chi connectivity index (χ1v) is 9.52. The molecule has 0 saturated carbocycles. The van der Waals surface area contributed by atoms with Crippen molar-refractivity contribution in [3.05, 3.63) is 66.1 Å². The van der Waals surface area contributed by atoms with E-state index in [0.717, 1.165) is 18.3 Å². The number of sulfone groups is 1. The minimum Gasteiger partial charge on any atom is -0.364 e. The molecule has 2 aromatic heterocycles. The van der Waals surface area contributed by atoms with Crippen LogP contribution in [-0.4, -0.2) is 40.5 Å². The van der Waals surface area contributed by atoms with E-state index in [2.05, 4.69) is 15.4 Å². The lowest BCUT2D eigenvalue weighted by atomic mass is 10.2. The Morgan fingerprint density at radius 3 is 2.30 bits per heavy atom. The summed E-state index contributed by atoms with van der Waals surface area (Å²) in [5.41, 5.74) is -0.512. The summed E-state index contributed by atoms with van der Waals surface area (Å²) in [6, 6.07) is 9.29. The SMILES string of the molecule is NC(=O)c1ccn(-c2ccc(NC(=O)c3cccnc3S(=O)(=O)C(F)(F)F)cc2)n1. The van der Waals surface area contributed by atoms with Crippen LogP contribution in [0.5, 0.6) is 0 Å². The number of halogens is 3. The number of rotatable bonds is 5. The van der Waals surface area contributed by atoms with Gasteiger partial charge in [0.25, 0.3) is 21.7 Å². The topological polar surface area (TPSA) is 137 Å². The van der Waals surface area contributed by atoms with Gasteiger partial charge in [0.15, 0.2) is 5.03 Å². The molecule has 0 spiro atoms. The molecular weight excluding hydrogens is 427 g/mol. The molecule has 0 saturated heterocycles. The fraction of sp³-hybridized carbons (Fsp3) is 0.0588. The Bertz CT molecular complexity index is 1220. The number of nitrogens with two attached hydrogens (primary N) is 1. The van der Waals surface area contributed by atoms with E-state index < -0.39 is 37.7 Å². The standard InChI is InChI=1S/C17H12F3N5O4S/c18-17(19,20)30(28,29)16-12(2-1-8-22-16)15(27)23-10-3-5-11(6-4-10)25-9-7-13(24-25)14(21)26/h1-9H,(H2,21,26)(H,23,27). The van der Waals surface area contributed by atoms with E-state index >= 15 is 0 Å². The number of carbonyl (C=O) groups is 2. The number of nitrogens with zero attached hydrogens (tertiary/aromatic N) is 3. The maximum atomic E-state index is 12.8. The number of carbonyl (C=O) groups excluding carboxylic acids is 2. The number of pyridine rings is 1. The lowest BCUT2D eigenvalue weighted by molar-refractivity contribution is -0.0438. The van der Waals surface area contributed by atoms with Gasteiger partial charge in [0, 0.05) is 18.1 Å². The number of aromatic nitrogens is 3. The van der Waals surface area contributed by atoms with Gasteiger partial charge in [0.1, 0.15) is 5.69 Å². The minimum absolute atomic E-state index is 0.0439. The Morgan fingerprint density at radius 1 is 1.07 bits per heavy atom. The number of hydrogen-bond donors (Lipinski definition) is 2. The molecule has 0 atom stereocenters. The highest BCUT2D eigenvalue weighted by Gasteiger charge is 2.49. The molecule has 0 fully saturated rings. The second-order valence-electron chi connectivity index (χ2n) is 5.82. The number of amides is 2. The van der Waals surface area contributed by atoms with Crippen LogP contribution < -0.4 is 11.1 Å². The average Bonchev–Trinajstić information content (AvgIpc) is 3.18. The molecule has 13 heteroatoms. The van der Waals surface area contributed by atoms with Gasteiger partial charge >= 0.3 is 5.51 Å². The van der Waals surface area contributed by atoms with Crippen molar-refractivity contribution >= 4 is 27.3 Å². The summed E-state index contributed by atoms with van der Waals surface area (Å²) in [6.07, 6.45) is 2.33. The molecule has 0 bridgehead atoms. The predicted octanol–water partition coefficient (Wildman–Crippen LogP) is 1.91. The molecule has 30 heavy (non-hydrogen) atoms. The van der Waals surface area contributed by atoms with E-state index in [0.29, 0.717) is 5.69 Å². The highest BCUT2D eigenvalue weighted by molar-refractivity contribution is 7.92. The molecule has 1 aromatic carbocycles. The number of hydrogen-bond acceptors (Lipinski definition) is 6. The summed E-state index contributed by atoms with van der Waals surface area (Å²) in [5.74, 6) is -1.80. The van der Waals surface area contributed by atoms with Gasteiger partial charge in [0.2, 0.25) is 0 Å². The van der Waals surface area contributed by atoms with Gasteiger partial charge in [-0.05, 0) is 42.5 Å². The van der Waals surface area contributed by atoms with Crippen molar-refractivity contribution in [2.45, 2.75) is 10.5 Å². The first kappa shape index (κ1) is 21.0. The van der Waals surface area contributed by atoms with Gasteiger partial charge in [-0.1, -0.05) is 0 Å². The van der Waals surface area contributed by atoms with E-state index in [1.165, 1.54) is 41.2 Å². The van der Waals surface area contributed by atoms with Gasteiger partial charge in [-0.25, -0.2) is 18.1 Å². The van der Waals surface area contributed by atoms with Crippen LogP contribution in [0.4, 0.5) is 18.9 Å². The quantitative estimate of drug-likeness (QED) is 0.623. The molecule has 0 radical (unpaired) electrons. The van der Waals surface area contributed by atoms with Crippen LogP contribution in [-0.2, 0) is 9.84 Å². The summed E-state index contributed by atoms with van der Waals surface area (Å²) in [6.45, 7) is 0. The molecule has 3 N–H and O–H groups in total. The lowest BCUT2D eigenvalue weighted by Crippen LogP contribution is -2.27. The van der Waals surface area contributed by atoms with Crippen molar-refractivity contribution < 1.29 is 31.2 Å². The third-order valence-electron chi connectivity index (χ3n) is 3.81. The predicted molar refractivity (Wildman–Crippen MR) is 97.5 cm³/mol. The molecule has 2 amide bonds. The Hall–Kier alpha value is -3.74. The Morgan fingerprint density at radius 2 is 1.73 bits per heavy atom. The normalized spacial score (nSPS) is 11.8. The summed E-state index contributed by atoms with van der Waals surface area (Å²) >= 11 is 0. The summed E-state index contributed by atoms with van der Waals surface area (Å²) < 4.78 is 63.2. The van der Waals surface area contributed by atoms with E-state index in [4.69, 9.17) is 5.73 Å². The first-order valence-electron chi connectivity index (χ1n) is 8.04. The zero-order valence-electron chi connectivity index (χ0n) is 14.8. The van der Waals surface area contributed by atoms with Crippen molar-refractivity contribution in [1.29, 1.82) is 0 Å². The molecule has 0 aliphatic carbocycles. The van der Waals surface area contributed by atoms with E-state index in [-0.39, 0.29) is 11.4 Å². The molecule has 0 aliphatic heterocycles. The van der Waals surface area contributed by atoms with Crippen LogP contribution in [0.1, 0.15) is 20.8 Å². The Labute approximate surface area is 167 Å². The highest BCUT2D eigenvalue weighted by Crippen LogP contribution is 2.31. The molecule has 3 aromatic rings. The Kier molecular flexibility index (Phi) is 5.31. The smallest absolute Gasteiger partial charge is 0.364 e. The fourth-order valence-corrected chi connectivity index (χ4v) is 3.25. The van der Waals surface area contributed by atoms with Crippen molar-refractivity contribution in [2.24, 2.45) is 5.73 Å². The minimum atomic E-state index is -5.81. The van der Waals surface area contributed by atoms with Crippen LogP contribution in [0, 0.1) is 0 Å². The largest absolute Gasteiger partial charge is 0.503 e. The average molecular weight is 439 g/mol. The van der Waals surface area contributed by atoms with Crippen LogP contribution >= 0.6 is 0 Å². The van der Waals surface area contributed by atoms with Crippen LogP contribution in [0.3, 0.4) is 0 Å². The van der Waals surface area contributed by atoms with Crippen molar-refractivity contribution in [3.63, 3.8) is 0 Å². The third-order valence-corrected chi connectivity index (χ3v) is 5.25. The Balaban J connectivity index is 1.84. The molecule has 0 aliphatic rings. The molecule has 3 rings (SSSR count). The van der Waals surface area contributed by atoms with E-state index in [1.807, 2.05) is 0 Å². The van der Waals surface area contributed by atoms with Crippen molar-refractivity contribution in [3.8, 4) is 5.69 Å². The van der Waals surface area contributed by atoms with E-state index in [9.17, 15) is 31.2 Å². The molecular formula is C17H12F3N5O4S. The van der Waals surface area contributed by atoms with Gasteiger partial charge in [-0.3, -0.25) is 9.59 Å². The number of anilines is 1. The third kappa shape index (κ3) is 4.00. The summed E-state index contributed by atoms with van der Waals surface area (Å²) in [5, 5.41) is 4.88. The molecule has 2 heterocycles. The van der Waals surface area contributed by atoms with Gasteiger partial charge in [-0.2, -0.15) is 18.3 Å². The zero-order valence-corrected chi connectivity index (χ0v) is 15.6. The molecule has 9 nitrogen and oxygen atoms in total. The number of alkyl halides is 3. The first-order chi connectivity index (χ1) is 14.0. The number of primary amides is 1. The lowest BCUT2D eigenvalue weighted by Gasteiger charge is -2.12. The van der Waals surface area contributed by atoms with Gasteiger partial charge in [0.05, 0.1) is 11.3 Å². The van der Waals surface area contributed by atoms with Crippen LogP contribution in [0.2, 0.25) is 0 Å². The summed E-state index contributed by atoms with van der Waals surface area (Å²) in [7, 11) is -5.81. The van der Waals surface area contributed by atoms with Crippen LogP contribution in [0.15, 0.2) is 59.9 Å². The molecule has 156 valence electrons. The number of benzene rings is 1. The zero-order chi connectivity index (χ0) is 22.1. The second-order valence-corrected chi connectivity index (χ2v) is 7.67. The van der Waals surface area contributed by atoms with E-state index in [1.54, 1.807) is 0 Å². The molecule has 0 unspecified atom stereocenters. The van der Waals surface area contributed by atoms with Gasteiger partial charge in [-0.15, -0.1) is 0 Å². The fourth-order valence-electron chi connectivity index (χ4n) is 2.38. The van der Waals surface area contributed by atoms with Crippen molar-refractivity contribution in [2.75, 3.05) is 5.32 Å². The maximum absolute atomic E-state index is 12.8. The highest BCUT2D eigenvalue weighted by atomic mass is 32.2. The maximum Gasteiger partial charge on any atom is 0.503 e. The monoisotopic (exact) mass is 439 g/mol. The second kappa shape index (κ2) is 7.59. The summed E-state index contributed by atoms with van der Waals surface area (Å²) in [4.78, 5) is 26.7. The van der Waals surface area contributed by atoms with Crippen molar-refractivity contribution in [1.82, 2.24) is 14.8 Å². The number of nitrogens with one attached hydrogen (secondary N) is 1.